The van der Waals surface area contributed by atoms with Crippen LogP contribution in [0, 0.1) is 5.82 Å². The van der Waals surface area contributed by atoms with Crippen LogP contribution in [0.1, 0.15) is 28.4 Å². The highest BCUT2D eigenvalue weighted by molar-refractivity contribution is 6.30. The summed E-state index contributed by atoms with van der Waals surface area (Å²) >= 11 is 5.70. The molecule has 0 spiro atoms. The van der Waals surface area contributed by atoms with Gasteiger partial charge in [0.2, 0.25) is 0 Å². The second-order valence-electron chi connectivity index (χ2n) is 4.40. The minimum atomic E-state index is -0.467. The van der Waals surface area contributed by atoms with E-state index in [2.05, 4.69) is 6.92 Å². The van der Waals surface area contributed by atoms with E-state index in [1.54, 1.807) is 6.07 Å². The summed E-state index contributed by atoms with van der Waals surface area (Å²) in [5.41, 5.74) is 2.58. The third-order valence-electron chi connectivity index (χ3n) is 3.03. The highest BCUT2D eigenvalue weighted by atomic mass is 35.5. The standard InChI is InChI=1S/C16H14ClFO/c1-2-11-3-6-13(7-4-11)16(19)10-12-5-8-15(18)14(17)9-12/h3-9H,2,10H2,1H3. The summed E-state index contributed by atoms with van der Waals surface area (Å²) in [4.78, 5) is 12.1. The van der Waals surface area contributed by atoms with Gasteiger partial charge >= 0.3 is 0 Å². The molecule has 0 saturated heterocycles. The number of ketones is 1. The SMILES string of the molecule is CCc1ccc(C(=O)Cc2ccc(F)c(Cl)c2)cc1. The lowest BCUT2D eigenvalue weighted by Gasteiger charge is -2.04. The van der Waals surface area contributed by atoms with Gasteiger partial charge in [0.05, 0.1) is 5.02 Å². The van der Waals surface area contributed by atoms with Crippen molar-refractivity contribution in [1.29, 1.82) is 0 Å². The molecule has 2 aromatic carbocycles. The van der Waals surface area contributed by atoms with E-state index in [9.17, 15) is 9.18 Å². The second-order valence-corrected chi connectivity index (χ2v) is 4.81. The molecule has 2 aromatic rings. The summed E-state index contributed by atoms with van der Waals surface area (Å²) in [7, 11) is 0. The van der Waals surface area contributed by atoms with Gasteiger partial charge in [0.25, 0.3) is 0 Å². The van der Waals surface area contributed by atoms with E-state index in [1.165, 1.54) is 17.7 Å². The Bertz CT molecular complexity index is 590. The van der Waals surface area contributed by atoms with Crippen LogP contribution in [-0.2, 0) is 12.8 Å². The second kappa shape index (κ2) is 5.98. The maximum absolute atomic E-state index is 13.0. The fourth-order valence-corrected chi connectivity index (χ4v) is 2.07. The fourth-order valence-electron chi connectivity index (χ4n) is 1.86. The predicted octanol–water partition coefficient (Wildman–Crippen LogP) is 4.47. The first-order chi connectivity index (χ1) is 9.10. The van der Waals surface area contributed by atoms with E-state index < -0.39 is 5.82 Å². The molecular formula is C16H14ClFO. The molecule has 98 valence electrons. The van der Waals surface area contributed by atoms with Crippen LogP contribution in [0.2, 0.25) is 5.02 Å². The molecule has 0 atom stereocenters. The average molecular weight is 277 g/mol. The molecule has 0 saturated carbocycles. The van der Waals surface area contributed by atoms with Gasteiger partial charge in [-0.3, -0.25) is 4.79 Å². The first-order valence-corrected chi connectivity index (χ1v) is 6.54. The molecule has 0 unspecified atom stereocenters. The van der Waals surface area contributed by atoms with Crippen molar-refractivity contribution < 1.29 is 9.18 Å². The third-order valence-corrected chi connectivity index (χ3v) is 3.32. The number of rotatable bonds is 4. The molecule has 0 N–H and O–H groups in total. The quantitative estimate of drug-likeness (QED) is 0.753. The fraction of sp³-hybridized carbons (Fsp3) is 0.188. The summed E-state index contributed by atoms with van der Waals surface area (Å²) in [6.45, 7) is 2.07. The van der Waals surface area contributed by atoms with Crippen molar-refractivity contribution in [2.75, 3.05) is 0 Å². The highest BCUT2D eigenvalue weighted by Gasteiger charge is 2.08. The van der Waals surface area contributed by atoms with Gasteiger partial charge in [-0.2, -0.15) is 0 Å². The van der Waals surface area contributed by atoms with Gasteiger partial charge in [0, 0.05) is 12.0 Å². The molecule has 1 nitrogen and oxygen atoms in total. The van der Waals surface area contributed by atoms with Crippen molar-refractivity contribution in [1.82, 2.24) is 0 Å². The molecule has 0 aromatic heterocycles. The van der Waals surface area contributed by atoms with Crippen molar-refractivity contribution in [2.24, 2.45) is 0 Å². The zero-order chi connectivity index (χ0) is 13.8. The molecule has 0 heterocycles. The Morgan fingerprint density at radius 1 is 1.11 bits per heavy atom. The van der Waals surface area contributed by atoms with Crippen LogP contribution in [0.15, 0.2) is 42.5 Å². The van der Waals surface area contributed by atoms with E-state index in [1.807, 2.05) is 24.3 Å². The monoisotopic (exact) mass is 276 g/mol. The molecule has 0 bridgehead atoms. The molecular weight excluding hydrogens is 263 g/mol. The number of hydrogen-bond donors (Lipinski definition) is 0. The van der Waals surface area contributed by atoms with Crippen molar-refractivity contribution in [3.05, 3.63) is 70.0 Å². The number of halogens is 2. The Morgan fingerprint density at radius 3 is 2.32 bits per heavy atom. The Labute approximate surface area is 117 Å². The molecule has 2 rings (SSSR count). The summed E-state index contributed by atoms with van der Waals surface area (Å²) in [5, 5.41) is 0.0478. The van der Waals surface area contributed by atoms with Crippen LogP contribution < -0.4 is 0 Å². The average Bonchev–Trinajstić information content (AvgIpc) is 2.43. The van der Waals surface area contributed by atoms with Crippen LogP contribution in [0.25, 0.3) is 0 Å². The maximum Gasteiger partial charge on any atom is 0.167 e. The van der Waals surface area contributed by atoms with Gasteiger partial charge in [-0.1, -0.05) is 48.9 Å². The Morgan fingerprint density at radius 2 is 1.74 bits per heavy atom. The van der Waals surface area contributed by atoms with Crippen LogP contribution in [0.3, 0.4) is 0 Å². The van der Waals surface area contributed by atoms with Crippen molar-refractivity contribution in [2.45, 2.75) is 19.8 Å². The molecule has 0 aliphatic rings. The molecule has 0 fully saturated rings. The zero-order valence-electron chi connectivity index (χ0n) is 10.6. The predicted molar refractivity (Wildman–Crippen MR) is 75.3 cm³/mol. The number of benzene rings is 2. The lowest BCUT2D eigenvalue weighted by atomic mass is 10.0. The molecule has 0 amide bonds. The van der Waals surface area contributed by atoms with Crippen molar-refractivity contribution in [3.8, 4) is 0 Å². The smallest absolute Gasteiger partial charge is 0.167 e. The Balaban J connectivity index is 2.13. The van der Waals surface area contributed by atoms with Crippen LogP contribution in [-0.4, -0.2) is 5.78 Å². The van der Waals surface area contributed by atoms with E-state index in [-0.39, 0.29) is 17.2 Å². The molecule has 3 heteroatoms. The largest absolute Gasteiger partial charge is 0.294 e. The Kier molecular flexibility index (Phi) is 4.33. The van der Waals surface area contributed by atoms with Crippen molar-refractivity contribution in [3.63, 3.8) is 0 Å². The number of carbonyl (C=O) groups excluding carboxylic acids is 1. The van der Waals surface area contributed by atoms with E-state index in [0.717, 1.165) is 12.0 Å². The van der Waals surface area contributed by atoms with Gasteiger partial charge in [-0.15, -0.1) is 0 Å². The third kappa shape index (κ3) is 3.42. The number of hydrogen-bond acceptors (Lipinski definition) is 1. The Hall–Kier alpha value is -1.67. The summed E-state index contributed by atoms with van der Waals surface area (Å²) in [6, 6.07) is 11.9. The number of Topliss-reactive ketones (excluding diaryl/α,β-unsaturated/α-hetero) is 1. The molecule has 19 heavy (non-hydrogen) atoms. The van der Waals surface area contributed by atoms with Gasteiger partial charge in [-0.25, -0.2) is 4.39 Å². The maximum atomic E-state index is 13.0. The number of carbonyl (C=O) groups is 1. The summed E-state index contributed by atoms with van der Waals surface area (Å²) < 4.78 is 13.0. The first kappa shape index (κ1) is 13.8. The van der Waals surface area contributed by atoms with Gasteiger partial charge < -0.3 is 0 Å². The first-order valence-electron chi connectivity index (χ1n) is 6.16. The van der Waals surface area contributed by atoms with E-state index in [4.69, 9.17) is 11.6 Å². The minimum absolute atomic E-state index is 0.00493. The topological polar surface area (TPSA) is 17.1 Å². The number of aryl methyl sites for hydroxylation is 1. The minimum Gasteiger partial charge on any atom is -0.294 e. The summed E-state index contributed by atoms with van der Waals surface area (Å²) in [5.74, 6) is -0.463. The molecule has 0 aliphatic carbocycles. The normalized spacial score (nSPS) is 10.5. The summed E-state index contributed by atoms with van der Waals surface area (Å²) in [6.07, 6.45) is 1.17. The van der Waals surface area contributed by atoms with Gasteiger partial charge in [0.15, 0.2) is 5.78 Å². The van der Waals surface area contributed by atoms with Gasteiger partial charge in [0.1, 0.15) is 5.82 Å². The van der Waals surface area contributed by atoms with Crippen LogP contribution in [0.5, 0.6) is 0 Å². The van der Waals surface area contributed by atoms with Gasteiger partial charge in [-0.05, 0) is 29.7 Å². The molecule has 0 radical (unpaired) electrons. The molecule has 0 aliphatic heterocycles. The zero-order valence-corrected chi connectivity index (χ0v) is 11.4. The van der Waals surface area contributed by atoms with E-state index in [0.29, 0.717) is 5.56 Å². The lowest BCUT2D eigenvalue weighted by Crippen LogP contribution is -2.03. The van der Waals surface area contributed by atoms with Crippen molar-refractivity contribution >= 4 is 17.4 Å². The van der Waals surface area contributed by atoms with E-state index >= 15 is 0 Å². The lowest BCUT2D eigenvalue weighted by molar-refractivity contribution is 0.0993. The van der Waals surface area contributed by atoms with Crippen LogP contribution in [0.4, 0.5) is 4.39 Å². The van der Waals surface area contributed by atoms with Crippen LogP contribution >= 0.6 is 11.6 Å². The highest BCUT2D eigenvalue weighted by Crippen LogP contribution is 2.17.